The molecule has 1 N–H and O–H groups in total. The zero-order valence-corrected chi connectivity index (χ0v) is 12.5. The third kappa shape index (κ3) is 3.46. The lowest BCUT2D eigenvalue weighted by atomic mass is 9.81. The molecular weight excluding hydrogens is 222 g/mol. The van der Waals surface area contributed by atoms with Crippen molar-refractivity contribution in [3.8, 4) is 0 Å². The number of hydrogen-bond acceptors (Lipinski definition) is 3. The molecule has 2 atom stereocenters. The first kappa shape index (κ1) is 14.3. The second-order valence-electron chi connectivity index (χ2n) is 6.61. The van der Waals surface area contributed by atoms with Gasteiger partial charge in [-0.25, -0.2) is 0 Å². The lowest BCUT2D eigenvalue weighted by Crippen LogP contribution is -2.45. The minimum Gasteiger partial charge on any atom is -0.316 e. The summed E-state index contributed by atoms with van der Waals surface area (Å²) in [4.78, 5) is 5.25. The van der Waals surface area contributed by atoms with Gasteiger partial charge in [0.05, 0.1) is 0 Å². The minimum atomic E-state index is 0.561. The molecule has 2 heterocycles. The Labute approximate surface area is 113 Å². The van der Waals surface area contributed by atoms with Gasteiger partial charge in [0.2, 0.25) is 0 Å². The average Bonchev–Trinajstić information content (AvgIpc) is 2.70. The van der Waals surface area contributed by atoms with Crippen LogP contribution < -0.4 is 5.32 Å². The zero-order valence-electron chi connectivity index (χ0n) is 12.5. The van der Waals surface area contributed by atoms with Crippen molar-refractivity contribution >= 4 is 0 Å². The summed E-state index contributed by atoms with van der Waals surface area (Å²) in [5.41, 5.74) is 0.561. The maximum Gasteiger partial charge on any atom is 0.0195 e. The van der Waals surface area contributed by atoms with Crippen LogP contribution in [-0.2, 0) is 0 Å². The Kier molecular flexibility index (Phi) is 5.05. The molecule has 18 heavy (non-hydrogen) atoms. The SMILES string of the molecule is CCCC1(CN2CCCN(C)CC2C)CCNC1. The van der Waals surface area contributed by atoms with E-state index >= 15 is 0 Å². The molecular formula is C15H31N3. The van der Waals surface area contributed by atoms with E-state index in [1.807, 2.05) is 0 Å². The molecule has 2 fully saturated rings. The Hall–Kier alpha value is -0.120. The van der Waals surface area contributed by atoms with E-state index < -0.39 is 0 Å². The predicted octanol–water partition coefficient (Wildman–Crippen LogP) is 1.79. The highest BCUT2D eigenvalue weighted by atomic mass is 15.2. The van der Waals surface area contributed by atoms with Crippen LogP contribution in [0.15, 0.2) is 0 Å². The summed E-state index contributed by atoms with van der Waals surface area (Å²) >= 11 is 0. The number of rotatable bonds is 4. The molecule has 0 radical (unpaired) electrons. The molecule has 0 aromatic carbocycles. The maximum atomic E-state index is 3.59. The molecule has 2 rings (SSSR count). The van der Waals surface area contributed by atoms with Gasteiger partial charge in [0, 0.05) is 25.7 Å². The van der Waals surface area contributed by atoms with Crippen molar-refractivity contribution in [2.75, 3.05) is 46.3 Å². The molecule has 3 nitrogen and oxygen atoms in total. The molecule has 2 saturated heterocycles. The smallest absolute Gasteiger partial charge is 0.0195 e. The van der Waals surface area contributed by atoms with Crippen LogP contribution in [0.5, 0.6) is 0 Å². The van der Waals surface area contributed by atoms with Crippen LogP contribution in [0.3, 0.4) is 0 Å². The molecule has 2 aliphatic heterocycles. The molecule has 0 amide bonds. The largest absolute Gasteiger partial charge is 0.316 e. The minimum absolute atomic E-state index is 0.561. The third-order valence-electron chi connectivity index (χ3n) is 4.84. The molecule has 0 saturated carbocycles. The van der Waals surface area contributed by atoms with Crippen molar-refractivity contribution in [3.05, 3.63) is 0 Å². The summed E-state index contributed by atoms with van der Waals surface area (Å²) in [5.74, 6) is 0. The Morgan fingerprint density at radius 2 is 2.17 bits per heavy atom. The van der Waals surface area contributed by atoms with Crippen molar-refractivity contribution in [1.29, 1.82) is 0 Å². The highest BCUT2D eigenvalue weighted by Crippen LogP contribution is 2.33. The molecule has 106 valence electrons. The van der Waals surface area contributed by atoms with Crippen molar-refractivity contribution in [3.63, 3.8) is 0 Å². The lowest BCUT2D eigenvalue weighted by molar-refractivity contribution is 0.118. The van der Waals surface area contributed by atoms with Gasteiger partial charge in [-0.2, -0.15) is 0 Å². The van der Waals surface area contributed by atoms with Crippen LogP contribution >= 0.6 is 0 Å². The van der Waals surface area contributed by atoms with Gasteiger partial charge in [-0.1, -0.05) is 13.3 Å². The number of likely N-dealkylation sites (N-methyl/N-ethyl adjacent to an activating group) is 1. The summed E-state index contributed by atoms with van der Waals surface area (Å²) in [7, 11) is 2.26. The van der Waals surface area contributed by atoms with Gasteiger partial charge in [0.1, 0.15) is 0 Å². The van der Waals surface area contributed by atoms with Crippen molar-refractivity contribution < 1.29 is 0 Å². The fourth-order valence-corrected chi connectivity index (χ4v) is 3.84. The third-order valence-corrected chi connectivity index (χ3v) is 4.84. The topological polar surface area (TPSA) is 18.5 Å². The van der Waals surface area contributed by atoms with Gasteiger partial charge >= 0.3 is 0 Å². The summed E-state index contributed by atoms with van der Waals surface area (Å²) in [6, 6.07) is 0.715. The maximum absolute atomic E-state index is 3.59. The molecule has 2 aliphatic rings. The number of nitrogens with zero attached hydrogens (tertiary/aromatic N) is 2. The van der Waals surface area contributed by atoms with Gasteiger partial charge in [-0.05, 0) is 58.3 Å². The average molecular weight is 253 g/mol. The van der Waals surface area contributed by atoms with E-state index in [9.17, 15) is 0 Å². The van der Waals surface area contributed by atoms with E-state index in [0.717, 1.165) is 0 Å². The fourth-order valence-electron chi connectivity index (χ4n) is 3.84. The van der Waals surface area contributed by atoms with E-state index in [1.54, 1.807) is 0 Å². The van der Waals surface area contributed by atoms with Crippen molar-refractivity contribution in [2.24, 2.45) is 5.41 Å². The zero-order chi connectivity index (χ0) is 13.0. The Morgan fingerprint density at radius 3 is 2.83 bits per heavy atom. The van der Waals surface area contributed by atoms with Crippen molar-refractivity contribution in [1.82, 2.24) is 15.1 Å². The lowest BCUT2D eigenvalue weighted by Gasteiger charge is -2.37. The Bertz CT molecular complexity index is 248. The molecule has 3 heteroatoms. The van der Waals surface area contributed by atoms with Crippen LogP contribution in [-0.4, -0.2) is 62.2 Å². The highest BCUT2D eigenvalue weighted by molar-refractivity contribution is 4.92. The fraction of sp³-hybridized carbons (Fsp3) is 1.00. The summed E-state index contributed by atoms with van der Waals surface area (Å²) in [5, 5.41) is 3.59. The van der Waals surface area contributed by atoms with E-state index in [2.05, 4.69) is 36.0 Å². The monoisotopic (exact) mass is 253 g/mol. The normalized spacial score (nSPS) is 35.8. The first-order valence-electron chi connectivity index (χ1n) is 7.78. The summed E-state index contributed by atoms with van der Waals surface area (Å²) in [6.45, 7) is 12.3. The quantitative estimate of drug-likeness (QED) is 0.824. The number of nitrogens with one attached hydrogen (secondary N) is 1. The first-order chi connectivity index (χ1) is 8.65. The van der Waals surface area contributed by atoms with Gasteiger partial charge in [0.15, 0.2) is 0 Å². The van der Waals surface area contributed by atoms with Gasteiger partial charge < -0.3 is 10.2 Å². The number of hydrogen-bond donors (Lipinski definition) is 1. The second-order valence-corrected chi connectivity index (χ2v) is 6.61. The molecule has 0 spiro atoms. The van der Waals surface area contributed by atoms with Crippen LogP contribution in [0, 0.1) is 5.41 Å². The van der Waals surface area contributed by atoms with E-state index in [0.29, 0.717) is 11.5 Å². The summed E-state index contributed by atoms with van der Waals surface area (Å²) < 4.78 is 0. The molecule has 0 bridgehead atoms. The Balaban J connectivity index is 1.97. The summed E-state index contributed by atoms with van der Waals surface area (Å²) in [6.07, 6.45) is 5.42. The second kappa shape index (κ2) is 6.36. The van der Waals surface area contributed by atoms with Gasteiger partial charge in [-0.3, -0.25) is 4.90 Å². The molecule has 0 aromatic heterocycles. The molecule has 0 aromatic rings. The van der Waals surface area contributed by atoms with Crippen molar-refractivity contribution in [2.45, 2.75) is 45.6 Å². The predicted molar refractivity (Wildman–Crippen MR) is 78.0 cm³/mol. The van der Waals surface area contributed by atoms with Crippen LogP contribution in [0.2, 0.25) is 0 Å². The molecule has 0 aliphatic carbocycles. The van der Waals surface area contributed by atoms with Crippen LogP contribution in [0.25, 0.3) is 0 Å². The van der Waals surface area contributed by atoms with E-state index in [4.69, 9.17) is 0 Å². The van der Waals surface area contributed by atoms with Crippen LogP contribution in [0.4, 0.5) is 0 Å². The molecule has 2 unspecified atom stereocenters. The first-order valence-corrected chi connectivity index (χ1v) is 7.78. The Morgan fingerprint density at radius 1 is 1.33 bits per heavy atom. The van der Waals surface area contributed by atoms with Crippen LogP contribution in [0.1, 0.15) is 39.5 Å². The van der Waals surface area contributed by atoms with E-state index in [-0.39, 0.29) is 0 Å². The van der Waals surface area contributed by atoms with Gasteiger partial charge in [0.25, 0.3) is 0 Å². The standard InChI is InChI=1S/C15H31N3/c1-4-6-15(7-8-16-12-15)13-18-10-5-9-17(3)11-14(18)2/h14,16H,4-13H2,1-3H3. The highest BCUT2D eigenvalue weighted by Gasteiger charge is 2.36. The van der Waals surface area contributed by atoms with E-state index in [1.165, 1.54) is 65.0 Å². The van der Waals surface area contributed by atoms with Gasteiger partial charge in [-0.15, -0.1) is 0 Å².